The number of carbonyl (C=O) groups is 1. The molecule has 1 aliphatic rings. The van der Waals surface area contributed by atoms with E-state index < -0.39 is 17.9 Å². The van der Waals surface area contributed by atoms with Gasteiger partial charge in [0.25, 0.3) is 17.7 Å². The van der Waals surface area contributed by atoms with Crippen molar-refractivity contribution in [3.8, 4) is 5.75 Å². The minimum Gasteiger partial charge on any atom is -0.494 e. The molecule has 1 aliphatic heterocycles. The first-order valence-corrected chi connectivity index (χ1v) is 11.4. The van der Waals surface area contributed by atoms with Gasteiger partial charge in [0.15, 0.2) is 0 Å². The van der Waals surface area contributed by atoms with Crippen LogP contribution in [0.1, 0.15) is 54.4 Å². The molecule has 188 valence electrons. The second kappa shape index (κ2) is 11.6. The van der Waals surface area contributed by atoms with Crippen LogP contribution in [0.15, 0.2) is 22.7 Å². The number of nitrogens with one attached hydrogen (secondary N) is 1. The number of aliphatic hydroxyl groups excluding tert-OH is 2. The lowest BCUT2D eigenvalue weighted by molar-refractivity contribution is -0.0158. The number of amides is 1. The number of hydrogen-bond acceptors (Lipinski definition) is 8. The Morgan fingerprint density at radius 2 is 2.03 bits per heavy atom. The van der Waals surface area contributed by atoms with Crippen LogP contribution >= 0.6 is 0 Å². The van der Waals surface area contributed by atoms with E-state index in [4.69, 9.17) is 14.9 Å². The first-order valence-electron chi connectivity index (χ1n) is 11.4. The number of nitrogens with zero attached hydrogens (tertiary/aromatic N) is 3. The van der Waals surface area contributed by atoms with Crippen molar-refractivity contribution in [1.82, 2.24) is 15.5 Å². The van der Waals surface area contributed by atoms with Crippen LogP contribution in [0.25, 0.3) is 0 Å². The van der Waals surface area contributed by atoms with Gasteiger partial charge in [-0.25, -0.2) is 0 Å². The van der Waals surface area contributed by atoms with Crippen LogP contribution in [0.3, 0.4) is 0 Å². The number of anilines is 1. The summed E-state index contributed by atoms with van der Waals surface area (Å²) in [6, 6.07) is 4.49. The Kier molecular flexibility index (Phi) is 8.78. The molecule has 3 rings (SSSR count). The summed E-state index contributed by atoms with van der Waals surface area (Å²) in [5.74, 6) is -2.76. The van der Waals surface area contributed by atoms with Crippen LogP contribution in [0.4, 0.5) is 14.7 Å². The van der Waals surface area contributed by atoms with Gasteiger partial charge < -0.3 is 29.7 Å². The average molecular weight is 483 g/mol. The van der Waals surface area contributed by atoms with Gasteiger partial charge in [-0.05, 0) is 67.4 Å². The fourth-order valence-electron chi connectivity index (χ4n) is 3.90. The van der Waals surface area contributed by atoms with Gasteiger partial charge in [-0.15, -0.1) is 0 Å². The minimum atomic E-state index is -3.14. The zero-order valence-electron chi connectivity index (χ0n) is 19.5. The molecule has 0 spiro atoms. The van der Waals surface area contributed by atoms with Crippen LogP contribution in [-0.2, 0) is 5.92 Å². The second-order valence-electron chi connectivity index (χ2n) is 8.72. The number of rotatable bonds is 11. The first-order chi connectivity index (χ1) is 16.2. The lowest BCUT2D eigenvalue weighted by Gasteiger charge is -2.30. The molecule has 3 N–H and O–H groups in total. The van der Waals surface area contributed by atoms with Gasteiger partial charge in [0, 0.05) is 25.6 Å². The molecule has 1 aromatic carbocycles. The topological polar surface area (TPSA) is 121 Å². The standard InChI is InChI=1S/C23H32F2N4O5/c1-15-12-18(5-6-19(15)20(32)26-17(13-30)14-31)33-11-3-4-16-7-9-29(10-8-16)22-27-21(34-28-22)23(2,24)25/h5-6,12,16-17,30-31H,3-4,7-11,13-14H2,1-2H3,(H,26,32). The number of piperidine rings is 1. The Morgan fingerprint density at radius 3 is 2.62 bits per heavy atom. The Labute approximate surface area is 197 Å². The van der Waals surface area contributed by atoms with E-state index in [1.54, 1.807) is 25.1 Å². The summed E-state index contributed by atoms with van der Waals surface area (Å²) in [6.45, 7) is 3.79. The van der Waals surface area contributed by atoms with Crippen molar-refractivity contribution in [2.75, 3.05) is 37.8 Å². The summed E-state index contributed by atoms with van der Waals surface area (Å²) in [5, 5.41) is 24.5. The zero-order chi connectivity index (χ0) is 24.7. The summed E-state index contributed by atoms with van der Waals surface area (Å²) < 4.78 is 37.1. The summed E-state index contributed by atoms with van der Waals surface area (Å²) in [4.78, 5) is 18.0. The fourth-order valence-corrected chi connectivity index (χ4v) is 3.90. The Morgan fingerprint density at radius 1 is 1.32 bits per heavy atom. The Bertz CT molecular complexity index is 938. The van der Waals surface area contributed by atoms with Crippen molar-refractivity contribution in [2.24, 2.45) is 5.92 Å². The molecule has 0 atom stereocenters. The summed E-state index contributed by atoms with van der Waals surface area (Å²) in [6.07, 6.45) is 3.69. The third-order valence-corrected chi connectivity index (χ3v) is 5.93. The van der Waals surface area contributed by atoms with Gasteiger partial charge in [0.2, 0.25) is 0 Å². The van der Waals surface area contributed by atoms with E-state index in [0.29, 0.717) is 36.9 Å². The van der Waals surface area contributed by atoms with Crippen molar-refractivity contribution in [3.05, 3.63) is 35.2 Å². The van der Waals surface area contributed by atoms with Crippen molar-refractivity contribution >= 4 is 11.9 Å². The molecular weight excluding hydrogens is 450 g/mol. The fraction of sp³-hybridized carbons (Fsp3) is 0.609. The summed E-state index contributed by atoms with van der Waals surface area (Å²) >= 11 is 0. The van der Waals surface area contributed by atoms with E-state index in [-0.39, 0.29) is 25.1 Å². The second-order valence-corrected chi connectivity index (χ2v) is 8.72. The number of halogens is 2. The zero-order valence-corrected chi connectivity index (χ0v) is 19.5. The van der Waals surface area contributed by atoms with E-state index in [0.717, 1.165) is 38.2 Å². The van der Waals surface area contributed by atoms with E-state index in [1.165, 1.54) is 0 Å². The molecule has 34 heavy (non-hydrogen) atoms. The molecule has 1 aromatic heterocycles. The SMILES string of the molecule is Cc1cc(OCCCC2CCN(c3noc(C(C)(F)F)n3)CC2)ccc1C(=O)NC(CO)CO. The third kappa shape index (κ3) is 6.86. The lowest BCUT2D eigenvalue weighted by atomic mass is 9.92. The van der Waals surface area contributed by atoms with Crippen LogP contribution in [0.5, 0.6) is 5.75 Å². The maximum absolute atomic E-state index is 13.3. The summed E-state index contributed by atoms with van der Waals surface area (Å²) in [7, 11) is 0. The lowest BCUT2D eigenvalue weighted by Crippen LogP contribution is -2.40. The predicted molar refractivity (Wildman–Crippen MR) is 120 cm³/mol. The van der Waals surface area contributed by atoms with Crippen LogP contribution in [0, 0.1) is 12.8 Å². The Balaban J connectivity index is 1.38. The summed E-state index contributed by atoms with van der Waals surface area (Å²) in [5.41, 5.74) is 1.20. The van der Waals surface area contributed by atoms with Crippen molar-refractivity contribution in [2.45, 2.75) is 51.5 Å². The van der Waals surface area contributed by atoms with Gasteiger partial charge in [-0.1, -0.05) is 0 Å². The van der Waals surface area contributed by atoms with Crippen molar-refractivity contribution in [1.29, 1.82) is 0 Å². The van der Waals surface area contributed by atoms with E-state index in [1.807, 2.05) is 4.90 Å². The number of carbonyl (C=O) groups excluding carboxylic acids is 1. The normalized spacial score (nSPS) is 15.1. The third-order valence-electron chi connectivity index (χ3n) is 5.93. The number of aliphatic hydroxyl groups is 2. The highest BCUT2D eigenvalue weighted by Crippen LogP contribution is 2.29. The molecule has 0 saturated carbocycles. The van der Waals surface area contributed by atoms with Gasteiger partial charge in [-0.3, -0.25) is 4.79 Å². The maximum Gasteiger partial charge on any atom is 0.322 e. The van der Waals surface area contributed by atoms with Crippen LogP contribution in [-0.4, -0.2) is 65.2 Å². The van der Waals surface area contributed by atoms with Crippen molar-refractivity contribution in [3.63, 3.8) is 0 Å². The predicted octanol–water partition coefficient (Wildman–Crippen LogP) is 2.65. The molecule has 1 saturated heterocycles. The molecule has 2 aromatic rings. The highest BCUT2D eigenvalue weighted by atomic mass is 19.3. The van der Waals surface area contributed by atoms with Gasteiger partial charge in [0.1, 0.15) is 5.75 Å². The quantitative estimate of drug-likeness (QED) is 0.418. The molecule has 0 bridgehead atoms. The molecule has 0 aliphatic carbocycles. The first kappa shape index (κ1) is 25.8. The molecule has 9 nitrogen and oxygen atoms in total. The maximum atomic E-state index is 13.3. The van der Waals surface area contributed by atoms with E-state index >= 15 is 0 Å². The molecule has 1 fully saturated rings. The molecular formula is C23H32F2N4O5. The number of aryl methyl sites for hydroxylation is 1. The van der Waals surface area contributed by atoms with Gasteiger partial charge in [-0.2, -0.15) is 13.8 Å². The molecule has 11 heteroatoms. The number of benzene rings is 1. The number of alkyl halides is 2. The highest BCUT2D eigenvalue weighted by Gasteiger charge is 2.33. The molecule has 0 unspecified atom stereocenters. The minimum absolute atomic E-state index is 0.217. The number of aromatic nitrogens is 2. The highest BCUT2D eigenvalue weighted by molar-refractivity contribution is 5.96. The smallest absolute Gasteiger partial charge is 0.322 e. The monoisotopic (exact) mass is 482 g/mol. The van der Waals surface area contributed by atoms with E-state index in [9.17, 15) is 13.6 Å². The molecule has 0 radical (unpaired) electrons. The van der Waals surface area contributed by atoms with Gasteiger partial charge in [0.05, 0.1) is 25.9 Å². The Hall–Kier alpha value is -2.79. The average Bonchev–Trinajstić information content (AvgIpc) is 3.32. The van der Waals surface area contributed by atoms with Crippen molar-refractivity contribution < 1.29 is 33.0 Å². The van der Waals surface area contributed by atoms with E-state index in [2.05, 4.69) is 20.0 Å². The number of hydrogen-bond donors (Lipinski definition) is 3. The van der Waals surface area contributed by atoms with Gasteiger partial charge >= 0.3 is 5.92 Å². The van der Waals surface area contributed by atoms with Crippen LogP contribution < -0.4 is 15.0 Å². The number of ether oxygens (including phenoxy) is 1. The molecule has 1 amide bonds. The van der Waals surface area contributed by atoms with Crippen LogP contribution in [0.2, 0.25) is 0 Å². The molecule has 2 heterocycles. The largest absolute Gasteiger partial charge is 0.494 e.